The Morgan fingerprint density at radius 2 is 2.03 bits per heavy atom. The fraction of sp³-hybridized carbons (Fsp3) is 0.409. The number of rotatable bonds is 7. The van der Waals surface area contributed by atoms with Crippen molar-refractivity contribution in [3.8, 4) is 11.5 Å². The highest BCUT2D eigenvalue weighted by Gasteiger charge is 2.19. The number of hydrogen-bond donors (Lipinski definition) is 1. The molecule has 0 saturated carbocycles. The number of ether oxygens (including phenoxy) is 3. The van der Waals surface area contributed by atoms with Gasteiger partial charge in [0.1, 0.15) is 13.2 Å². The molecular weight excluding hydrogens is 410 g/mol. The van der Waals surface area contributed by atoms with Gasteiger partial charge in [-0.15, -0.1) is 11.8 Å². The first-order valence-electron chi connectivity index (χ1n) is 9.90. The summed E-state index contributed by atoms with van der Waals surface area (Å²) < 4.78 is 16.8. The summed E-state index contributed by atoms with van der Waals surface area (Å²) in [5.41, 5.74) is 1.70. The van der Waals surface area contributed by atoms with Gasteiger partial charge in [-0.2, -0.15) is 0 Å². The third kappa shape index (κ3) is 5.18. The molecular formula is C22H24ClNO4S. The highest BCUT2D eigenvalue weighted by Crippen LogP contribution is 2.38. The van der Waals surface area contributed by atoms with Crippen LogP contribution in [-0.2, 0) is 11.2 Å². The van der Waals surface area contributed by atoms with E-state index < -0.39 is 0 Å². The Balaban J connectivity index is 1.33. The molecule has 0 radical (unpaired) electrons. The van der Waals surface area contributed by atoms with Gasteiger partial charge in [-0.05, 0) is 49.1 Å². The molecule has 2 aliphatic heterocycles. The van der Waals surface area contributed by atoms with E-state index in [-0.39, 0.29) is 12.0 Å². The van der Waals surface area contributed by atoms with Crippen molar-refractivity contribution in [2.45, 2.75) is 30.3 Å². The van der Waals surface area contributed by atoms with E-state index in [0.29, 0.717) is 48.3 Å². The smallest absolute Gasteiger partial charge is 0.252 e. The lowest BCUT2D eigenvalue weighted by atomic mass is 10.1. The SMILES string of the molecule is O=C(NCCc1cc(Cl)c2c(c1)OCCO2)c1ccccc1SCC1CCCO1. The zero-order chi connectivity index (χ0) is 20.1. The van der Waals surface area contributed by atoms with Gasteiger partial charge >= 0.3 is 0 Å². The number of carbonyl (C=O) groups is 1. The predicted octanol–water partition coefficient (Wildman–Crippen LogP) is 4.35. The molecule has 1 amide bonds. The summed E-state index contributed by atoms with van der Waals surface area (Å²) in [7, 11) is 0. The molecule has 29 heavy (non-hydrogen) atoms. The lowest BCUT2D eigenvalue weighted by Gasteiger charge is -2.20. The highest BCUT2D eigenvalue weighted by molar-refractivity contribution is 7.99. The maximum absolute atomic E-state index is 12.7. The van der Waals surface area contributed by atoms with E-state index in [1.807, 2.05) is 36.4 Å². The summed E-state index contributed by atoms with van der Waals surface area (Å²) in [5, 5.41) is 3.56. The normalized spacial score (nSPS) is 17.9. The number of fused-ring (bicyclic) bond motifs is 1. The predicted molar refractivity (Wildman–Crippen MR) is 115 cm³/mol. The molecule has 2 aromatic carbocycles. The van der Waals surface area contributed by atoms with Crippen LogP contribution in [-0.4, -0.2) is 44.1 Å². The summed E-state index contributed by atoms with van der Waals surface area (Å²) in [6.07, 6.45) is 3.17. The zero-order valence-corrected chi connectivity index (χ0v) is 17.7. The van der Waals surface area contributed by atoms with E-state index in [4.69, 9.17) is 25.8 Å². The lowest BCUT2D eigenvalue weighted by Crippen LogP contribution is -2.26. The average Bonchev–Trinajstić information content (AvgIpc) is 3.26. The van der Waals surface area contributed by atoms with Gasteiger partial charge in [0.2, 0.25) is 0 Å². The molecule has 0 bridgehead atoms. The van der Waals surface area contributed by atoms with Crippen LogP contribution in [0.1, 0.15) is 28.8 Å². The van der Waals surface area contributed by atoms with Gasteiger partial charge in [0.25, 0.3) is 5.91 Å². The van der Waals surface area contributed by atoms with Gasteiger partial charge < -0.3 is 19.5 Å². The molecule has 0 aromatic heterocycles. The van der Waals surface area contributed by atoms with Crippen LogP contribution >= 0.6 is 23.4 Å². The molecule has 2 aliphatic rings. The molecule has 1 unspecified atom stereocenters. The summed E-state index contributed by atoms with van der Waals surface area (Å²) in [6.45, 7) is 2.38. The standard InChI is InChI=1S/C22H24ClNO4S/c23-18-12-15(13-19-21(18)28-11-10-27-19)7-8-24-22(25)17-5-1-2-6-20(17)29-14-16-4-3-9-26-16/h1-2,5-6,12-13,16H,3-4,7-11,14H2,(H,24,25). The molecule has 1 atom stereocenters. The fourth-order valence-electron chi connectivity index (χ4n) is 3.46. The Morgan fingerprint density at radius 1 is 1.17 bits per heavy atom. The Hall–Kier alpha value is -1.89. The van der Waals surface area contributed by atoms with Crippen LogP contribution in [0.3, 0.4) is 0 Å². The molecule has 154 valence electrons. The molecule has 1 fully saturated rings. The minimum Gasteiger partial charge on any atom is -0.486 e. The number of nitrogens with one attached hydrogen (secondary N) is 1. The summed E-state index contributed by atoms with van der Waals surface area (Å²) >= 11 is 7.97. The highest BCUT2D eigenvalue weighted by atomic mass is 35.5. The first kappa shape index (κ1) is 20.4. The van der Waals surface area contributed by atoms with Crippen LogP contribution in [0.5, 0.6) is 11.5 Å². The molecule has 2 aromatic rings. The summed E-state index contributed by atoms with van der Waals surface area (Å²) in [4.78, 5) is 13.7. The largest absolute Gasteiger partial charge is 0.486 e. The molecule has 0 aliphatic carbocycles. The second-order valence-electron chi connectivity index (χ2n) is 7.05. The van der Waals surface area contributed by atoms with E-state index in [1.165, 1.54) is 0 Å². The van der Waals surface area contributed by atoms with Crippen LogP contribution in [0.2, 0.25) is 5.02 Å². The van der Waals surface area contributed by atoms with E-state index in [0.717, 1.165) is 35.7 Å². The van der Waals surface area contributed by atoms with Crippen molar-refractivity contribution in [1.29, 1.82) is 0 Å². The van der Waals surface area contributed by atoms with Crippen molar-refractivity contribution in [1.82, 2.24) is 5.32 Å². The van der Waals surface area contributed by atoms with Crippen molar-refractivity contribution in [3.63, 3.8) is 0 Å². The lowest BCUT2D eigenvalue weighted by molar-refractivity contribution is 0.0951. The van der Waals surface area contributed by atoms with Gasteiger partial charge in [0.15, 0.2) is 11.5 Å². The third-order valence-electron chi connectivity index (χ3n) is 4.94. The molecule has 0 spiro atoms. The first-order chi connectivity index (χ1) is 14.2. The second kappa shape index (κ2) is 9.74. The maximum Gasteiger partial charge on any atom is 0.252 e. The van der Waals surface area contributed by atoms with Crippen LogP contribution in [0.15, 0.2) is 41.3 Å². The fourth-order valence-corrected chi connectivity index (χ4v) is 4.87. The molecule has 1 N–H and O–H groups in total. The second-order valence-corrected chi connectivity index (χ2v) is 8.52. The zero-order valence-electron chi connectivity index (χ0n) is 16.1. The van der Waals surface area contributed by atoms with E-state index in [1.54, 1.807) is 11.8 Å². The Labute approximate surface area is 180 Å². The Kier molecular flexibility index (Phi) is 6.85. The molecule has 4 rings (SSSR count). The molecule has 5 nitrogen and oxygen atoms in total. The van der Waals surface area contributed by atoms with Crippen molar-refractivity contribution in [2.24, 2.45) is 0 Å². The average molecular weight is 434 g/mol. The van der Waals surface area contributed by atoms with Crippen LogP contribution < -0.4 is 14.8 Å². The van der Waals surface area contributed by atoms with Gasteiger partial charge in [-0.3, -0.25) is 4.79 Å². The monoisotopic (exact) mass is 433 g/mol. The van der Waals surface area contributed by atoms with Gasteiger partial charge in [-0.25, -0.2) is 0 Å². The van der Waals surface area contributed by atoms with Crippen molar-refractivity contribution < 1.29 is 19.0 Å². The third-order valence-corrected chi connectivity index (χ3v) is 6.42. The number of hydrogen-bond acceptors (Lipinski definition) is 5. The summed E-state index contributed by atoms with van der Waals surface area (Å²) in [6, 6.07) is 11.5. The van der Waals surface area contributed by atoms with Crippen molar-refractivity contribution >= 4 is 29.3 Å². The van der Waals surface area contributed by atoms with Crippen molar-refractivity contribution in [2.75, 3.05) is 32.1 Å². The first-order valence-corrected chi connectivity index (χ1v) is 11.3. The Bertz CT molecular complexity index is 870. The van der Waals surface area contributed by atoms with Crippen LogP contribution in [0.25, 0.3) is 0 Å². The molecule has 2 heterocycles. The van der Waals surface area contributed by atoms with Gasteiger partial charge in [0, 0.05) is 23.8 Å². The van der Waals surface area contributed by atoms with E-state index >= 15 is 0 Å². The number of halogens is 1. The van der Waals surface area contributed by atoms with Crippen LogP contribution in [0.4, 0.5) is 0 Å². The van der Waals surface area contributed by atoms with E-state index in [2.05, 4.69) is 5.32 Å². The summed E-state index contributed by atoms with van der Waals surface area (Å²) in [5.74, 6) is 2.08. The molecule has 7 heteroatoms. The Morgan fingerprint density at radius 3 is 2.90 bits per heavy atom. The molecule has 1 saturated heterocycles. The number of amides is 1. The minimum absolute atomic E-state index is 0.0657. The van der Waals surface area contributed by atoms with E-state index in [9.17, 15) is 4.79 Å². The minimum atomic E-state index is -0.0657. The maximum atomic E-state index is 12.7. The van der Waals surface area contributed by atoms with Gasteiger partial charge in [0.05, 0.1) is 16.7 Å². The van der Waals surface area contributed by atoms with Crippen LogP contribution in [0, 0.1) is 0 Å². The number of benzene rings is 2. The number of thioether (sulfide) groups is 1. The van der Waals surface area contributed by atoms with Gasteiger partial charge in [-0.1, -0.05) is 23.7 Å². The van der Waals surface area contributed by atoms with Crippen molar-refractivity contribution in [3.05, 3.63) is 52.5 Å². The quantitative estimate of drug-likeness (QED) is 0.657. The number of carbonyl (C=O) groups excluding carboxylic acids is 1. The topological polar surface area (TPSA) is 56.8 Å².